The standard InChI is InChI=1S/C14H16N2/c1-2-3-4-8-12-10-11-7-5-6-9-13(11)16-14(12)15/h4-10H,2-3H2,1H3,(H2,15,16). The third-order valence-corrected chi connectivity index (χ3v) is 2.54. The number of para-hydroxylation sites is 1. The minimum Gasteiger partial charge on any atom is -0.383 e. The van der Waals surface area contributed by atoms with Crippen molar-refractivity contribution in [3.05, 3.63) is 42.0 Å². The van der Waals surface area contributed by atoms with Crippen molar-refractivity contribution in [1.29, 1.82) is 0 Å². The number of nitrogens with two attached hydrogens (primary N) is 1. The normalized spacial score (nSPS) is 11.3. The van der Waals surface area contributed by atoms with Gasteiger partial charge in [0.15, 0.2) is 0 Å². The third-order valence-electron chi connectivity index (χ3n) is 2.54. The summed E-state index contributed by atoms with van der Waals surface area (Å²) in [5.74, 6) is 0.603. The molecule has 0 aliphatic carbocycles. The quantitative estimate of drug-likeness (QED) is 0.843. The van der Waals surface area contributed by atoms with E-state index >= 15 is 0 Å². The lowest BCUT2D eigenvalue weighted by molar-refractivity contribution is 0.962. The van der Waals surface area contributed by atoms with Gasteiger partial charge in [0.1, 0.15) is 5.82 Å². The van der Waals surface area contributed by atoms with E-state index in [2.05, 4.69) is 36.2 Å². The van der Waals surface area contributed by atoms with Gasteiger partial charge in [-0.2, -0.15) is 0 Å². The van der Waals surface area contributed by atoms with E-state index in [9.17, 15) is 0 Å². The summed E-state index contributed by atoms with van der Waals surface area (Å²) in [6.07, 6.45) is 6.42. The molecule has 16 heavy (non-hydrogen) atoms. The number of nitrogens with zero attached hydrogens (tertiary/aromatic N) is 1. The molecule has 0 atom stereocenters. The van der Waals surface area contributed by atoms with Gasteiger partial charge in [-0.1, -0.05) is 43.7 Å². The molecular weight excluding hydrogens is 196 g/mol. The highest BCUT2D eigenvalue weighted by Gasteiger charge is 1.99. The predicted molar refractivity (Wildman–Crippen MR) is 70.1 cm³/mol. The minimum atomic E-state index is 0.603. The summed E-state index contributed by atoms with van der Waals surface area (Å²) < 4.78 is 0. The molecule has 2 N–H and O–H groups in total. The number of hydrogen-bond donors (Lipinski definition) is 1. The summed E-state index contributed by atoms with van der Waals surface area (Å²) in [5.41, 5.74) is 7.86. The van der Waals surface area contributed by atoms with Gasteiger partial charge in [-0.15, -0.1) is 0 Å². The number of anilines is 1. The van der Waals surface area contributed by atoms with Gasteiger partial charge >= 0.3 is 0 Å². The SMILES string of the molecule is CCCC=Cc1cc2ccccc2nc1N. The molecule has 0 unspecified atom stereocenters. The Morgan fingerprint density at radius 3 is 2.94 bits per heavy atom. The largest absolute Gasteiger partial charge is 0.383 e. The highest BCUT2D eigenvalue weighted by atomic mass is 14.8. The molecule has 0 saturated heterocycles. The smallest absolute Gasteiger partial charge is 0.131 e. The molecule has 0 fully saturated rings. The number of rotatable bonds is 3. The maximum Gasteiger partial charge on any atom is 0.131 e. The van der Waals surface area contributed by atoms with E-state index in [4.69, 9.17) is 5.73 Å². The van der Waals surface area contributed by atoms with Crippen molar-refractivity contribution >= 4 is 22.8 Å². The van der Waals surface area contributed by atoms with Crippen molar-refractivity contribution in [2.24, 2.45) is 0 Å². The molecule has 0 radical (unpaired) electrons. The first-order chi connectivity index (χ1) is 7.81. The Bertz CT molecular complexity index is 515. The number of fused-ring (bicyclic) bond motifs is 1. The van der Waals surface area contributed by atoms with E-state index in [1.807, 2.05) is 18.2 Å². The maximum absolute atomic E-state index is 5.91. The monoisotopic (exact) mass is 212 g/mol. The van der Waals surface area contributed by atoms with Crippen molar-refractivity contribution < 1.29 is 0 Å². The van der Waals surface area contributed by atoms with Crippen molar-refractivity contribution in [2.75, 3.05) is 5.73 Å². The lowest BCUT2D eigenvalue weighted by Crippen LogP contribution is -1.94. The molecule has 2 rings (SSSR count). The molecule has 2 heteroatoms. The summed E-state index contributed by atoms with van der Waals surface area (Å²) in [6, 6.07) is 10.1. The summed E-state index contributed by atoms with van der Waals surface area (Å²) in [6.45, 7) is 2.16. The molecule has 0 spiro atoms. The lowest BCUT2D eigenvalue weighted by Gasteiger charge is -2.02. The van der Waals surface area contributed by atoms with Crippen molar-refractivity contribution in [3.63, 3.8) is 0 Å². The molecule has 2 aromatic rings. The van der Waals surface area contributed by atoms with Gasteiger partial charge in [0, 0.05) is 10.9 Å². The van der Waals surface area contributed by atoms with Crippen molar-refractivity contribution in [2.45, 2.75) is 19.8 Å². The fourth-order valence-corrected chi connectivity index (χ4v) is 1.66. The molecule has 82 valence electrons. The van der Waals surface area contributed by atoms with E-state index in [0.29, 0.717) is 5.82 Å². The number of aromatic nitrogens is 1. The molecule has 0 amide bonds. The van der Waals surface area contributed by atoms with Gasteiger partial charge in [-0.25, -0.2) is 4.98 Å². The van der Waals surface area contributed by atoms with Gasteiger partial charge in [0.05, 0.1) is 5.52 Å². The highest BCUT2D eigenvalue weighted by Crippen LogP contribution is 2.19. The second kappa shape index (κ2) is 4.79. The van der Waals surface area contributed by atoms with Crippen LogP contribution in [0.2, 0.25) is 0 Å². The fourth-order valence-electron chi connectivity index (χ4n) is 1.66. The van der Waals surface area contributed by atoms with Gasteiger partial charge < -0.3 is 5.73 Å². The molecular formula is C14H16N2. The first kappa shape index (κ1) is 10.7. The van der Waals surface area contributed by atoms with Gasteiger partial charge in [-0.05, 0) is 18.6 Å². The van der Waals surface area contributed by atoms with Crippen molar-refractivity contribution in [1.82, 2.24) is 4.98 Å². The van der Waals surface area contributed by atoms with E-state index in [1.165, 1.54) is 0 Å². The summed E-state index contributed by atoms with van der Waals surface area (Å²) in [4.78, 5) is 4.38. The second-order valence-corrected chi connectivity index (χ2v) is 3.85. The molecule has 0 aliphatic heterocycles. The van der Waals surface area contributed by atoms with Gasteiger partial charge in [-0.3, -0.25) is 0 Å². The summed E-state index contributed by atoms with van der Waals surface area (Å²) in [5, 5.41) is 1.13. The predicted octanol–water partition coefficient (Wildman–Crippen LogP) is 3.63. The topological polar surface area (TPSA) is 38.9 Å². The average molecular weight is 212 g/mol. The van der Waals surface area contributed by atoms with Gasteiger partial charge in [0.25, 0.3) is 0 Å². The number of nitrogen functional groups attached to an aromatic ring is 1. The van der Waals surface area contributed by atoms with E-state index in [0.717, 1.165) is 29.3 Å². The van der Waals surface area contributed by atoms with Gasteiger partial charge in [0.2, 0.25) is 0 Å². The van der Waals surface area contributed by atoms with Crippen LogP contribution in [0.15, 0.2) is 36.4 Å². The van der Waals surface area contributed by atoms with Crippen LogP contribution in [0.3, 0.4) is 0 Å². The highest BCUT2D eigenvalue weighted by molar-refractivity contribution is 5.84. The van der Waals surface area contributed by atoms with Crippen LogP contribution in [0.25, 0.3) is 17.0 Å². The number of hydrogen-bond acceptors (Lipinski definition) is 2. The third kappa shape index (κ3) is 2.22. The Balaban J connectivity index is 2.42. The Labute approximate surface area is 95.8 Å². The number of benzene rings is 1. The van der Waals surface area contributed by atoms with E-state index in [-0.39, 0.29) is 0 Å². The first-order valence-corrected chi connectivity index (χ1v) is 5.63. The molecule has 1 aromatic carbocycles. The van der Waals surface area contributed by atoms with Crippen LogP contribution in [0, 0.1) is 0 Å². The van der Waals surface area contributed by atoms with E-state index in [1.54, 1.807) is 0 Å². The Morgan fingerprint density at radius 1 is 1.31 bits per heavy atom. The second-order valence-electron chi connectivity index (χ2n) is 3.85. The van der Waals surface area contributed by atoms with Crippen LogP contribution in [0.1, 0.15) is 25.3 Å². The summed E-state index contributed by atoms with van der Waals surface area (Å²) in [7, 11) is 0. The minimum absolute atomic E-state index is 0.603. The summed E-state index contributed by atoms with van der Waals surface area (Å²) >= 11 is 0. The molecule has 0 aliphatic rings. The molecule has 0 bridgehead atoms. The average Bonchev–Trinajstić information content (AvgIpc) is 2.30. The van der Waals surface area contributed by atoms with Crippen LogP contribution >= 0.6 is 0 Å². The molecule has 1 aromatic heterocycles. The Kier molecular flexibility index (Phi) is 3.20. The number of allylic oxidation sites excluding steroid dienone is 1. The van der Waals surface area contributed by atoms with Crippen molar-refractivity contribution in [3.8, 4) is 0 Å². The zero-order valence-corrected chi connectivity index (χ0v) is 9.48. The van der Waals surface area contributed by atoms with Crippen LogP contribution in [-0.4, -0.2) is 4.98 Å². The zero-order chi connectivity index (χ0) is 11.4. The maximum atomic E-state index is 5.91. The van der Waals surface area contributed by atoms with E-state index < -0.39 is 0 Å². The van der Waals surface area contributed by atoms with Crippen LogP contribution in [0.4, 0.5) is 5.82 Å². The number of unbranched alkanes of at least 4 members (excludes halogenated alkanes) is 1. The fraction of sp³-hybridized carbons (Fsp3) is 0.214. The Morgan fingerprint density at radius 2 is 2.12 bits per heavy atom. The molecule has 0 saturated carbocycles. The molecule has 2 nitrogen and oxygen atoms in total. The first-order valence-electron chi connectivity index (χ1n) is 5.63. The van der Waals surface area contributed by atoms with Crippen LogP contribution in [0.5, 0.6) is 0 Å². The number of pyridine rings is 1. The van der Waals surface area contributed by atoms with Crippen LogP contribution in [-0.2, 0) is 0 Å². The Hall–Kier alpha value is -1.83. The van der Waals surface area contributed by atoms with Crippen LogP contribution < -0.4 is 5.73 Å². The molecule has 1 heterocycles. The lowest BCUT2D eigenvalue weighted by atomic mass is 10.1. The zero-order valence-electron chi connectivity index (χ0n) is 9.48.